The topological polar surface area (TPSA) is 68.3 Å². The smallest absolute Gasteiger partial charge is 0.150 e. The highest BCUT2D eigenvalue weighted by molar-refractivity contribution is 7.91. The van der Waals surface area contributed by atoms with Crippen molar-refractivity contribution in [3.63, 3.8) is 0 Å². The molecular formula is C16H28O4S2. The molecule has 0 aromatic rings. The van der Waals surface area contributed by atoms with Gasteiger partial charge < -0.3 is 0 Å². The van der Waals surface area contributed by atoms with Gasteiger partial charge in [-0.3, -0.25) is 0 Å². The fourth-order valence-electron chi connectivity index (χ4n) is 2.36. The van der Waals surface area contributed by atoms with Crippen molar-refractivity contribution >= 4 is 19.7 Å². The zero-order chi connectivity index (χ0) is 16.3. The van der Waals surface area contributed by atoms with Crippen molar-refractivity contribution in [3.05, 3.63) is 24.3 Å². The van der Waals surface area contributed by atoms with Gasteiger partial charge in [0.25, 0.3) is 0 Å². The monoisotopic (exact) mass is 348 g/mol. The lowest BCUT2D eigenvalue weighted by atomic mass is 10.2. The van der Waals surface area contributed by atoms with Crippen molar-refractivity contribution in [2.75, 3.05) is 23.0 Å². The van der Waals surface area contributed by atoms with Crippen LogP contribution in [-0.2, 0) is 19.7 Å². The molecule has 0 fully saturated rings. The summed E-state index contributed by atoms with van der Waals surface area (Å²) in [6, 6.07) is 0. The van der Waals surface area contributed by atoms with Gasteiger partial charge in [-0.25, -0.2) is 16.8 Å². The highest BCUT2D eigenvalue weighted by Gasteiger charge is 2.10. The van der Waals surface area contributed by atoms with E-state index in [0.717, 1.165) is 25.7 Å². The molecule has 0 unspecified atom stereocenters. The molecule has 0 spiro atoms. The van der Waals surface area contributed by atoms with Gasteiger partial charge in [0, 0.05) is 0 Å². The van der Waals surface area contributed by atoms with Crippen LogP contribution in [0.5, 0.6) is 0 Å². The second kappa shape index (κ2) is 10.2. The van der Waals surface area contributed by atoms with E-state index in [1.165, 1.54) is 0 Å². The first kappa shape index (κ1) is 19.4. The highest BCUT2D eigenvalue weighted by atomic mass is 32.2. The zero-order valence-electron chi connectivity index (χ0n) is 13.2. The van der Waals surface area contributed by atoms with E-state index < -0.39 is 19.7 Å². The minimum absolute atomic E-state index is 0.245. The van der Waals surface area contributed by atoms with E-state index in [0.29, 0.717) is 25.7 Å². The van der Waals surface area contributed by atoms with Gasteiger partial charge in [-0.15, -0.1) is 0 Å². The average Bonchev–Trinajstić information content (AvgIpc) is 2.43. The van der Waals surface area contributed by atoms with Crippen LogP contribution in [0.25, 0.3) is 0 Å². The first-order chi connectivity index (χ1) is 10.4. The molecule has 0 saturated carbocycles. The number of hydrogen-bond acceptors (Lipinski definition) is 4. The molecule has 0 saturated heterocycles. The van der Waals surface area contributed by atoms with Crippen molar-refractivity contribution in [2.45, 2.75) is 51.4 Å². The Labute approximate surface area is 135 Å². The van der Waals surface area contributed by atoms with E-state index in [9.17, 15) is 16.8 Å². The SMILES string of the molecule is O=S1(=O)CCC/C=C\CCCS(=O)(=O)CCC/C=C\CCC1. The largest absolute Gasteiger partial charge is 0.229 e. The molecule has 0 aromatic carbocycles. The molecule has 0 aromatic heterocycles. The average molecular weight is 349 g/mol. The van der Waals surface area contributed by atoms with Crippen LogP contribution in [0.2, 0.25) is 0 Å². The van der Waals surface area contributed by atoms with Crippen molar-refractivity contribution in [1.29, 1.82) is 0 Å². The standard InChI is InChI=1S/C16H28O4S2/c17-21(18)13-9-5-1-2-6-10-14-22(19,20)16-12-8-4-3-7-11-15-21/h1-4H,5-16H2/b2-1-,4-3-. The molecule has 0 aliphatic carbocycles. The van der Waals surface area contributed by atoms with Gasteiger partial charge >= 0.3 is 0 Å². The van der Waals surface area contributed by atoms with Crippen molar-refractivity contribution in [2.24, 2.45) is 0 Å². The molecule has 0 amide bonds. The Kier molecular flexibility index (Phi) is 9.02. The van der Waals surface area contributed by atoms with Crippen LogP contribution in [-0.4, -0.2) is 39.8 Å². The Morgan fingerprint density at radius 1 is 0.455 bits per heavy atom. The second-order valence-corrected chi connectivity index (χ2v) is 10.4. The number of rotatable bonds is 0. The molecule has 1 aliphatic heterocycles. The summed E-state index contributed by atoms with van der Waals surface area (Å²) in [4.78, 5) is 0. The Morgan fingerprint density at radius 2 is 0.682 bits per heavy atom. The number of allylic oxidation sites excluding steroid dienone is 4. The molecular weight excluding hydrogens is 320 g/mol. The minimum atomic E-state index is -2.92. The van der Waals surface area contributed by atoms with E-state index in [1.54, 1.807) is 0 Å². The normalized spacial score (nSPS) is 28.0. The van der Waals surface area contributed by atoms with E-state index in [4.69, 9.17) is 0 Å². The molecule has 22 heavy (non-hydrogen) atoms. The maximum absolute atomic E-state index is 11.8. The quantitative estimate of drug-likeness (QED) is 0.631. The summed E-state index contributed by atoms with van der Waals surface area (Å²) in [5.41, 5.74) is 0. The van der Waals surface area contributed by atoms with Crippen molar-refractivity contribution in [1.82, 2.24) is 0 Å². The van der Waals surface area contributed by atoms with Crippen LogP contribution in [0.3, 0.4) is 0 Å². The molecule has 1 aliphatic rings. The van der Waals surface area contributed by atoms with Crippen LogP contribution < -0.4 is 0 Å². The van der Waals surface area contributed by atoms with E-state index in [-0.39, 0.29) is 23.0 Å². The predicted molar refractivity (Wildman–Crippen MR) is 92.5 cm³/mol. The van der Waals surface area contributed by atoms with E-state index in [2.05, 4.69) is 0 Å². The van der Waals surface area contributed by atoms with Crippen molar-refractivity contribution < 1.29 is 16.8 Å². The third-order valence-electron chi connectivity index (χ3n) is 3.64. The van der Waals surface area contributed by atoms with Gasteiger partial charge in [-0.2, -0.15) is 0 Å². The van der Waals surface area contributed by atoms with Crippen LogP contribution in [0, 0.1) is 0 Å². The van der Waals surface area contributed by atoms with Gasteiger partial charge in [-0.05, 0) is 51.4 Å². The van der Waals surface area contributed by atoms with Gasteiger partial charge in [-0.1, -0.05) is 24.3 Å². The fraction of sp³-hybridized carbons (Fsp3) is 0.750. The highest BCUT2D eigenvalue weighted by Crippen LogP contribution is 2.07. The molecule has 1 rings (SSSR count). The molecule has 0 atom stereocenters. The molecule has 0 radical (unpaired) electrons. The summed E-state index contributed by atoms with van der Waals surface area (Å²) in [5.74, 6) is 0.982. The van der Waals surface area contributed by atoms with Gasteiger partial charge in [0.2, 0.25) is 0 Å². The maximum atomic E-state index is 11.8. The Hall–Kier alpha value is -0.620. The number of hydrogen-bond donors (Lipinski definition) is 0. The second-order valence-electron chi connectivity index (χ2n) is 5.82. The molecule has 128 valence electrons. The Balaban J connectivity index is 2.51. The summed E-state index contributed by atoms with van der Waals surface area (Å²) in [7, 11) is -5.85. The van der Waals surface area contributed by atoms with Crippen LogP contribution in [0.15, 0.2) is 24.3 Å². The van der Waals surface area contributed by atoms with Crippen LogP contribution >= 0.6 is 0 Å². The van der Waals surface area contributed by atoms with E-state index >= 15 is 0 Å². The molecule has 6 heteroatoms. The lowest BCUT2D eigenvalue weighted by Crippen LogP contribution is -2.11. The summed E-state index contributed by atoms with van der Waals surface area (Å²) < 4.78 is 47.3. The molecule has 0 bridgehead atoms. The Bertz CT molecular complexity index is 469. The first-order valence-electron chi connectivity index (χ1n) is 8.12. The summed E-state index contributed by atoms with van der Waals surface area (Å²) in [6.45, 7) is 0. The first-order valence-corrected chi connectivity index (χ1v) is 11.8. The molecule has 4 nitrogen and oxygen atoms in total. The minimum Gasteiger partial charge on any atom is -0.229 e. The third kappa shape index (κ3) is 10.2. The lowest BCUT2D eigenvalue weighted by molar-refractivity contribution is 0.588. The number of sulfone groups is 2. The lowest BCUT2D eigenvalue weighted by Gasteiger charge is -2.03. The summed E-state index contributed by atoms with van der Waals surface area (Å²) in [5, 5.41) is 0. The summed E-state index contributed by atoms with van der Waals surface area (Å²) in [6.07, 6.45) is 13.4. The van der Waals surface area contributed by atoms with Gasteiger partial charge in [0.15, 0.2) is 0 Å². The Morgan fingerprint density at radius 3 is 0.909 bits per heavy atom. The van der Waals surface area contributed by atoms with E-state index in [1.807, 2.05) is 24.3 Å². The van der Waals surface area contributed by atoms with Gasteiger partial charge in [0.05, 0.1) is 23.0 Å². The van der Waals surface area contributed by atoms with Crippen molar-refractivity contribution in [3.8, 4) is 0 Å². The zero-order valence-corrected chi connectivity index (χ0v) is 14.9. The predicted octanol–water partition coefficient (Wildman–Crippen LogP) is 3.06. The maximum Gasteiger partial charge on any atom is 0.150 e. The molecule has 1 heterocycles. The fourth-order valence-corrected chi connectivity index (χ4v) is 5.19. The van der Waals surface area contributed by atoms with Crippen LogP contribution in [0.1, 0.15) is 51.4 Å². The third-order valence-corrected chi connectivity index (χ3v) is 7.28. The molecule has 0 N–H and O–H groups in total. The van der Waals surface area contributed by atoms with Crippen LogP contribution in [0.4, 0.5) is 0 Å². The van der Waals surface area contributed by atoms with Gasteiger partial charge in [0.1, 0.15) is 19.7 Å². The summed E-state index contributed by atoms with van der Waals surface area (Å²) >= 11 is 0.